The smallest absolute Gasteiger partial charge is 0.269 e. The molecule has 0 atom stereocenters. The molecule has 3 aromatic rings. The molecule has 0 saturated carbocycles. The van der Waals surface area contributed by atoms with E-state index in [1.54, 1.807) is 35.3 Å². The van der Waals surface area contributed by atoms with Crippen LogP contribution in [0.15, 0.2) is 54.6 Å². The van der Waals surface area contributed by atoms with Crippen LogP contribution in [0.2, 0.25) is 0 Å². The maximum atomic E-state index is 11.5. The van der Waals surface area contributed by atoms with E-state index in [4.69, 9.17) is 0 Å². The molecule has 0 saturated heterocycles. The van der Waals surface area contributed by atoms with Gasteiger partial charge >= 0.3 is 0 Å². The summed E-state index contributed by atoms with van der Waals surface area (Å²) in [6, 6.07) is 14.3. The molecule has 35 heavy (non-hydrogen) atoms. The number of aliphatic hydroxyl groups excluding tert-OH is 2. The minimum atomic E-state index is -4.25. The summed E-state index contributed by atoms with van der Waals surface area (Å²) in [5, 5.41) is 25.0. The van der Waals surface area contributed by atoms with Crippen LogP contribution in [-0.4, -0.2) is 64.4 Å². The second-order valence-corrected chi connectivity index (χ2v) is 8.93. The van der Waals surface area contributed by atoms with Gasteiger partial charge in [-0.2, -0.15) is 23.4 Å². The largest absolute Gasteiger partial charge is 0.395 e. The molecule has 0 aliphatic carbocycles. The first-order chi connectivity index (χ1) is 16.8. The number of hydrogen-bond acceptors (Lipinski definition) is 10. The van der Waals surface area contributed by atoms with Gasteiger partial charge in [-0.25, -0.2) is 0 Å². The molecule has 0 bridgehead atoms. The van der Waals surface area contributed by atoms with E-state index >= 15 is 0 Å². The third kappa shape index (κ3) is 8.00. The van der Waals surface area contributed by atoms with Crippen molar-refractivity contribution in [3.63, 3.8) is 0 Å². The Hall–Kier alpha value is -3.58. The SMILES string of the molecule is C/C=C/c1ccc(Nc2nc(Nc3ccccc3)nc(N(CCO)CCO)n2)cc1CS(=O)(=O)O. The molecule has 0 aliphatic heterocycles. The van der Waals surface area contributed by atoms with Crippen LogP contribution in [0, 0.1) is 0 Å². The van der Waals surface area contributed by atoms with E-state index < -0.39 is 15.9 Å². The molecule has 5 N–H and O–H groups in total. The lowest BCUT2D eigenvalue weighted by atomic mass is 10.1. The van der Waals surface area contributed by atoms with Crippen molar-refractivity contribution >= 4 is 45.4 Å². The Balaban J connectivity index is 2.00. The number of aromatic nitrogens is 3. The summed E-state index contributed by atoms with van der Waals surface area (Å²) in [5.74, 6) is 0.0681. The molecule has 3 rings (SSSR count). The van der Waals surface area contributed by atoms with E-state index in [0.29, 0.717) is 16.8 Å². The molecule has 0 amide bonds. The lowest BCUT2D eigenvalue weighted by Gasteiger charge is -2.21. The molecule has 1 aromatic heterocycles. The Kier molecular flexibility index (Phi) is 9.09. The van der Waals surface area contributed by atoms with Crippen LogP contribution in [0.3, 0.4) is 0 Å². The molecule has 0 spiro atoms. The lowest BCUT2D eigenvalue weighted by Crippen LogP contribution is -2.31. The second-order valence-electron chi connectivity index (χ2n) is 7.47. The highest BCUT2D eigenvalue weighted by Gasteiger charge is 2.15. The summed E-state index contributed by atoms with van der Waals surface area (Å²) >= 11 is 0. The predicted molar refractivity (Wildman–Crippen MR) is 136 cm³/mol. The molecular weight excluding hydrogens is 472 g/mol. The molecule has 0 radical (unpaired) electrons. The Morgan fingerprint density at radius 3 is 2.11 bits per heavy atom. The van der Waals surface area contributed by atoms with Crippen LogP contribution in [0.4, 0.5) is 29.2 Å². The quantitative estimate of drug-likeness (QED) is 0.232. The summed E-state index contributed by atoms with van der Waals surface area (Å²) in [6.45, 7) is 1.88. The topological polar surface area (TPSA) is 161 Å². The Morgan fingerprint density at radius 1 is 0.914 bits per heavy atom. The summed E-state index contributed by atoms with van der Waals surface area (Å²) in [6.07, 6.45) is 3.52. The van der Waals surface area contributed by atoms with E-state index in [9.17, 15) is 23.2 Å². The zero-order chi connectivity index (χ0) is 25.3. The summed E-state index contributed by atoms with van der Waals surface area (Å²) < 4.78 is 32.4. The number of anilines is 5. The average Bonchev–Trinajstić information content (AvgIpc) is 2.80. The van der Waals surface area contributed by atoms with Gasteiger partial charge in [0.25, 0.3) is 10.1 Å². The zero-order valence-corrected chi connectivity index (χ0v) is 20.0. The Morgan fingerprint density at radius 2 is 1.54 bits per heavy atom. The van der Waals surface area contributed by atoms with Crippen LogP contribution in [0.25, 0.3) is 6.08 Å². The van der Waals surface area contributed by atoms with Crippen molar-refractivity contribution in [3.05, 3.63) is 65.7 Å². The van der Waals surface area contributed by atoms with E-state index in [1.165, 1.54) is 0 Å². The Labute approximate surface area is 204 Å². The number of para-hydroxylation sites is 1. The van der Waals surface area contributed by atoms with Crippen molar-refractivity contribution in [1.82, 2.24) is 15.0 Å². The predicted octanol–water partition coefficient (Wildman–Crippen LogP) is 2.57. The van der Waals surface area contributed by atoms with E-state index in [1.807, 2.05) is 37.3 Å². The Bertz CT molecular complexity index is 1250. The molecule has 186 valence electrons. The van der Waals surface area contributed by atoms with Gasteiger partial charge in [-0.15, -0.1) is 0 Å². The minimum absolute atomic E-state index is 0.158. The van der Waals surface area contributed by atoms with Crippen LogP contribution in [0.5, 0.6) is 0 Å². The van der Waals surface area contributed by atoms with Gasteiger partial charge in [0.2, 0.25) is 17.8 Å². The molecule has 0 unspecified atom stereocenters. The van der Waals surface area contributed by atoms with Gasteiger partial charge in [-0.05, 0) is 42.3 Å². The van der Waals surface area contributed by atoms with Gasteiger partial charge in [0.1, 0.15) is 5.75 Å². The van der Waals surface area contributed by atoms with Crippen LogP contribution < -0.4 is 15.5 Å². The highest BCUT2D eigenvalue weighted by Crippen LogP contribution is 2.24. The highest BCUT2D eigenvalue weighted by atomic mass is 32.2. The fourth-order valence-electron chi connectivity index (χ4n) is 3.30. The highest BCUT2D eigenvalue weighted by molar-refractivity contribution is 7.85. The second kappa shape index (κ2) is 12.2. The molecule has 11 nitrogen and oxygen atoms in total. The number of hydrogen-bond donors (Lipinski definition) is 5. The van der Waals surface area contributed by atoms with Gasteiger partial charge in [0.15, 0.2) is 0 Å². The average molecular weight is 501 g/mol. The minimum Gasteiger partial charge on any atom is -0.395 e. The van der Waals surface area contributed by atoms with Crippen LogP contribution in [-0.2, 0) is 15.9 Å². The van der Waals surface area contributed by atoms with Crippen molar-refractivity contribution in [2.75, 3.05) is 41.8 Å². The van der Waals surface area contributed by atoms with Crippen LogP contribution in [0.1, 0.15) is 18.1 Å². The maximum Gasteiger partial charge on any atom is 0.269 e. The molecule has 1 heterocycles. The fraction of sp³-hybridized carbons (Fsp3) is 0.261. The third-order valence-electron chi connectivity index (χ3n) is 4.76. The number of nitrogens with zero attached hydrogens (tertiary/aromatic N) is 4. The van der Waals surface area contributed by atoms with Crippen molar-refractivity contribution in [2.24, 2.45) is 0 Å². The van der Waals surface area contributed by atoms with Crippen molar-refractivity contribution in [1.29, 1.82) is 0 Å². The van der Waals surface area contributed by atoms with Crippen LogP contribution >= 0.6 is 0 Å². The van der Waals surface area contributed by atoms with Gasteiger partial charge < -0.3 is 25.7 Å². The van der Waals surface area contributed by atoms with Gasteiger partial charge in [0, 0.05) is 24.5 Å². The van der Waals surface area contributed by atoms with E-state index in [2.05, 4.69) is 25.6 Å². The number of allylic oxidation sites excluding steroid dienone is 1. The summed E-state index contributed by atoms with van der Waals surface area (Å²) in [5.41, 5.74) is 2.29. The van der Waals surface area contributed by atoms with Crippen molar-refractivity contribution in [3.8, 4) is 0 Å². The van der Waals surface area contributed by atoms with E-state index in [-0.39, 0.29) is 44.1 Å². The third-order valence-corrected chi connectivity index (χ3v) is 5.44. The normalized spacial score (nSPS) is 11.5. The van der Waals surface area contributed by atoms with E-state index in [0.717, 1.165) is 5.69 Å². The molecule has 12 heteroatoms. The fourth-order valence-corrected chi connectivity index (χ4v) is 3.94. The maximum absolute atomic E-state index is 11.5. The van der Waals surface area contributed by atoms with Gasteiger partial charge in [-0.1, -0.05) is 36.4 Å². The number of nitrogens with one attached hydrogen (secondary N) is 2. The van der Waals surface area contributed by atoms with Gasteiger partial charge in [-0.3, -0.25) is 4.55 Å². The summed E-state index contributed by atoms with van der Waals surface area (Å²) in [4.78, 5) is 14.9. The first kappa shape index (κ1) is 26.0. The number of aliphatic hydroxyl groups is 2. The number of rotatable bonds is 12. The van der Waals surface area contributed by atoms with Crippen molar-refractivity contribution in [2.45, 2.75) is 12.7 Å². The molecule has 2 aromatic carbocycles. The number of benzene rings is 2. The van der Waals surface area contributed by atoms with Crippen molar-refractivity contribution < 1.29 is 23.2 Å². The first-order valence-corrected chi connectivity index (χ1v) is 12.4. The molecule has 0 aliphatic rings. The summed E-state index contributed by atoms with van der Waals surface area (Å²) in [7, 11) is -4.25. The molecule has 0 fully saturated rings. The monoisotopic (exact) mass is 500 g/mol. The zero-order valence-electron chi connectivity index (χ0n) is 19.2. The lowest BCUT2D eigenvalue weighted by molar-refractivity contribution is 0.280. The van der Waals surface area contributed by atoms with Gasteiger partial charge in [0.05, 0.1) is 13.2 Å². The standard InChI is InChI=1S/C23H28N6O5S/c1-2-6-17-9-10-20(15-18(17)16-35(32,33)34)25-22-26-21(24-19-7-4-3-5-8-19)27-23(28-22)29(11-13-30)12-14-31/h2-10,15,30-31H,11-14,16H2,1H3,(H,32,33,34)(H2,24,25,26,27,28)/b6-2+. The first-order valence-electron chi connectivity index (χ1n) is 10.8. The molecular formula is C23H28N6O5S.